The summed E-state index contributed by atoms with van der Waals surface area (Å²) in [5.41, 5.74) is 0.494. The molecule has 2 aliphatic rings. The van der Waals surface area contributed by atoms with Gasteiger partial charge in [0.25, 0.3) is 0 Å². The predicted octanol–water partition coefficient (Wildman–Crippen LogP) is 3.81. The summed E-state index contributed by atoms with van der Waals surface area (Å²) in [6.07, 6.45) is 4.16. The first-order valence-electron chi connectivity index (χ1n) is 7.34. The van der Waals surface area contributed by atoms with Gasteiger partial charge in [0.15, 0.2) is 0 Å². The molecule has 2 saturated carbocycles. The highest BCUT2D eigenvalue weighted by molar-refractivity contribution is 6.31. The SMILES string of the molecule is O=C(Nc1ccc(F)c(Cl)c1)C1C[C@H]2CCC[C@@H](C1)C2=O. The maximum Gasteiger partial charge on any atom is 0.227 e. The summed E-state index contributed by atoms with van der Waals surface area (Å²) in [5, 5.41) is 2.77. The average molecular weight is 310 g/mol. The molecule has 0 spiro atoms. The highest BCUT2D eigenvalue weighted by Gasteiger charge is 2.41. The summed E-state index contributed by atoms with van der Waals surface area (Å²) in [5.74, 6) is -0.304. The van der Waals surface area contributed by atoms with E-state index in [1.807, 2.05) is 0 Å². The number of fused-ring (bicyclic) bond motifs is 2. The van der Waals surface area contributed by atoms with E-state index in [4.69, 9.17) is 11.6 Å². The number of rotatable bonds is 2. The Morgan fingerprint density at radius 3 is 2.52 bits per heavy atom. The maximum absolute atomic E-state index is 13.1. The molecule has 2 bridgehead atoms. The Balaban J connectivity index is 1.68. The second-order valence-corrected chi connectivity index (χ2v) is 6.42. The number of hydrogen-bond donors (Lipinski definition) is 1. The second-order valence-electron chi connectivity index (χ2n) is 6.01. The number of amides is 1. The van der Waals surface area contributed by atoms with E-state index < -0.39 is 5.82 Å². The largest absolute Gasteiger partial charge is 0.326 e. The van der Waals surface area contributed by atoms with Gasteiger partial charge in [-0.25, -0.2) is 4.39 Å². The van der Waals surface area contributed by atoms with Crippen LogP contribution in [0.4, 0.5) is 10.1 Å². The van der Waals surface area contributed by atoms with Crippen LogP contribution in [0, 0.1) is 23.6 Å². The Morgan fingerprint density at radius 2 is 1.90 bits per heavy atom. The van der Waals surface area contributed by atoms with Crippen molar-refractivity contribution in [2.75, 3.05) is 5.32 Å². The Hall–Kier alpha value is -1.42. The molecule has 0 heterocycles. The molecular formula is C16H17ClFNO2. The first-order chi connectivity index (χ1) is 10.0. The third-order valence-electron chi connectivity index (χ3n) is 4.61. The van der Waals surface area contributed by atoms with Crippen LogP contribution in [0.25, 0.3) is 0 Å². The van der Waals surface area contributed by atoms with Crippen LogP contribution in [0.2, 0.25) is 5.02 Å². The minimum absolute atomic E-state index is 0.0107. The zero-order valence-electron chi connectivity index (χ0n) is 11.6. The Morgan fingerprint density at radius 1 is 1.24 bits per heavy atom. The monoisotopic (exact) mass is 309 g/mol. The van der Waals surface area contributed by atoms with Crippen molar-refractivity contribution < 1.29 is 14.0 Å². The molecule has 1 aromatic carbocycles. The predicted molar refractivity (Wildman–Crippen MR) is 78.6 cm³/mol. The molecule has 2 fully saturated rings. The molecule has 0 aromatic heterocycles. The van der Waals surface area contributed by atoms with Gasteiger partial charge >= 0.3 is 0 Å². The van der Waals surface area contributed by atoms with Gasteiger partial charge in [0.1, 0.15) is 11.6 Å². The smallest absolute Gasteiger partial charge is 0.227 e. The van der Waals surface area contributed by atoms with Gasteiger partial charge < -0.3 is 5.32 Å². The second kappa shape index (κ2) is 5.76. The van der Waals surface area contributed by atoms with E-state index in [0.29, 0.717) is 24.3 Å². The van der Waals surface area contributed by atoms with Gasteiger partial charge in [-0.1, -0.05) is 18.0 Å². The molecule has 5 heteroatoms. The normalized spacial score (nSPS) is 28.3. The number of nitrogens with one attached hydrogen (secondary N) is 1. The fourth-order valence-corrected chi connectivity index (χ4v) is 3.69. The number of ketones is 1. The minimum Gasteiger partial charge on any atom is -0.326 e. The number of carbonyl (C=O) groups is 2. The van der Waals surface area contributed by atoms with Crippen molar-refractivity contribution in [1.29, 1.82) is 0 Å². The Labute approximate surface area is 127 Å². The van der Waals surface area contributed by atoms with E-state index in [1.165, 1.54) is 18.2 Å². The van der Waals surface area contributed by atoms with Crippen LogP contribution in [0.1, 0.15) is 32.1 Å². The molecule has 0 saturated heterocycles. The third-order valence-corrected chi connectivity index (χ3v) is 4.90. The number of Topliss-reactive ketones (excluding diaryl/α,β-unsaturated/α-hetero) is 1. The van der Waals surface area contributed by atoms with E-state index in [9.17, 15) is 14.0 Å². The number of halogens is 2. The van der Waals surface area contributed by atoms with Gasteiger partial charge in [0.05, 0.1) is 5.02 Å². The first kappa shape index (κ1) is 14.5. The zero-order chi connectivity index (χ0) is 15.0. The molecule has 3 rings (SSSR count). The maximum atomic E-state index is 13.1. The lowest BCUT2D eigenvalue weighted by atomic mass is 9.67. The van der Waals surface area contributed by atoms with E-state index in [-0.39, 0.29) is 28.7 Å². The molecule has 1 unspecified atom stereocenters. The molecule has 112 valence electrons. The highest BCUT2D eigenvalue weighted by atomic mass is 35.5. The number of benzene rings is 1. The Kier molecular flexibility index (Phi) is 3.98. The van der Waals surface area contributed by atoms with Crippen LogP contribution in [-0.2, 0) is 9.59 Å². The number of hydrogen-bond acceptors (Lipinski definition) is 2. The molecular weight excluding hydrogens is 293 g/mol. The molecule has 2 aliphatic carbocycles. The van der Waals surface area contributed by atoms with Crippen molar-refractivity contribution in [3.8, 4) is 0 Å². The molecule has 1 amide bonds. The van der Waals surface area contributed by atoms with Crippen LogP contribution in [-0.4, -0.2) is 11.7 Å². The van der Waals surface area contributed by atoms with Crippen LogP contribution in [0.5, 0.6) is 0 Å². The summed E-state index contributed by atoms with van der Waals surface area (Å²) in [6, 6.07) is 4.13. The molecule has 0 radical (unpaired) electrons. The van der Waals surface area contributed by atoms with Crippen molar-refractivity contribution in [2.24, 2.45) is 17.8 Å². The van der Waals surface area contributed by atoms with Gasteiger partial charge in [-0.3, -0.25) is 9.59 Å². The van der Waals surface area contributed by atoms with Crippen molar-refractivity contribution in [2.45, 2.75) is 32.1 Å². The summed E-state index contributed by atoms with van der Waals surface area (Å²) < 4.78 is 13.1. The van der Waals surface area contributed by atoms with E-state index in [0.717, 1.165) is 19.3 Å². The molecule has 0 aliphatic heterocycles. The van der Waals surface area contributed by atoms with Crippen LogP contribution in [0.3, 0.4) is 0 Å². The lowest BCUT2D eigenvalue weighted by Crippen LogP contribution is -2.40. The van der Waals surface area contributed by atoms with E-state index in [1.54, 1.807) is 0 Å². The molecule has 1 aromatic rings. The van der Waals surface area contributed by atoms with Gasteiger partial charge in [-0.05, 0) is 43.9 Å². The lowest BCUT2D eigenvalue weighted by Gasteiger charge is -2.36. The fourth-order valence-electron chi connectivity index (χ4n) is 3.51. The lowest BCUT2D eigenvalue weighted by molar-refractivity contribution is -0.136. The molecule has 3 nitrogen and oxygen atoms in total. The van der Waals surface area contributed by atoms with Crippen LogP contribution < -0.4 is 5.32 Å². The summed E-state index contributed by atoms with van der Waals surface area (Å²) in [4.78, 5) is 24.4. The van der Waals surface area contributed by atoms with Gasteiger partial charge in [-0.15, -0.1) is 0 Å². The Bertz CT molecular complexity index is 574. The first-order valence-corrected chi connectivity index (χ1v) is 7.72. The van der Waals surface area contributed by atoms with Gasteiger partial charge in [-0.2, -0.15) is 0 Å². The number of anilines is 1. The number of carbonyl (C=O) groups excluding carboxylic acids is 2. The summed E-state index contributed by atoms with van der Waals surface area (Å²) in [7, 11) is 0. The summed E-state index contributed by atoms with van der Waals surface area (Å²) >= 11 is 5.71. The van der Waals surface area contributed by atoms with E-state index >= 15 is 0 Å². The molecule has 3 atom stereocenters. The quantitative estimate of drug-likeness (QED) is 0.903. The standard InChI is InChI=1S/C16H17ClFNO2/c17-13-8-12(4-5-14(13)18)19-16(21)11-6-9-2-1-3-10(7-11)15(9)20/h4-5,8-11H,1-3,6-7H2,(H,19,21)/t9-,10+,11?. The van der Waals surface area contributed by atoms with Crippen molar-refractivity contribution in [1.82, 2.24) is 0 Å². The topological polar surface area (TPSA) is 46.2 Å². The van der Waals surface area contributed by atoms with Crippen molar-refractivity contribution in [3.63, 3.8) is 0 Å². The van der Waals surface area contributed by atoms with Crippen LogP contribution >= 0.6 is 11.6 Å². The molecule has 21 heavy (non-hydrogen) atoms. The van der Waals surface area contributed by atoms with E-state index in [2.05, 4.69) is 5.32 Å². The highest BCUT2D eigenvalue weighted by Crippen LogP contribution is 2.40. The minimum atomic E-state index is -0.507. The molecule has 1 N–H and O–H groups in total. The van der Waals surface area contributed by atoms with Crippen molar-refractivity contribution >= 4 is 29.0 Å². The van der Waals surface area contributed by atoms with Gasteiger partial charge in [0.2, 0.25) is 5.91 Å². The van der Waals surface area contributed by atoms with Crippen molar-refractivity contribution in [3.05, 3.63) is 29.0 Å². The fraction of sp³-hybridized carbons (Fsp3) is 0.500. The average Bonchev–Trinajstić information content (AvgIpc) is 2.42. The summed E-state index contributed by atoms with van der Waals surface area (Å²) in [6.45, 7) is 0. The van der Waals surface area contributed by atoms with Gasteiger partial charge in [0, 0.05) is 23.4 Å². The van der Waals surface area contributed by atoms with Crippen LogP contribution in [0.15, 0.2) is 18.2 Å². The third kappa shape index (κ3) is 2.95. The zero-order valence-corrected chi connectivity index (χ0v) is 12.3.